The Kier molecular flexibility index (Phi) is 10.8. The lowest BCUT2D eigenvalue weighted by Crippen LogP contribution is -2.40. The zero-order valence-electron chi connectivity index (χ0n) is 25.5. The summed E-state index contributed by atoms with van der Waals surface area (Å²) >= 11 is 19.4. The SMILES string of the molecule is CCOC(=O)C1=C(c2ccccc2)N=c2s/c(=C\c3cc(Br)cc(I)c3OCc3ccc(Cl)c(Cl)c3)c(=O)n2[C@H]1c1ccc(OC)cc1. The van der Waals surface area contributed by atoms with Crippen LogP contribution in [0.5, 0.6) is 11.5 Å². The molecule has 2 heterocycles. The molecular formula is C36H26BrCl2IN2O5S. The van der Waals surface area contributed by atoms with Gasteiger partial charge in [0.2, 0.25) is 0 Å². The third-order valence-electron chi connectivity index (χ3n) is 7.50. The van der Waals surface area contributed by atoms with Crippen LogP contribution in [-0.2, 0) is 16.1 Å². The predicted octanol–water partition coefficient (Wildman–Crippen LogP) is 8.20. The van der Waals surface area contributed by atoms with Gasteiger partial charge < -0.3 is 14.2 Å². The number of ether oxygens (including phenoxy) is 3. The molecule has 0 unspecified atom stereocenters. The highest BCUT2D eigenvalue weighted by Gasteiger charge is 2.35. The summed E-state index contributed by atoms with van der Waals surface area (Å²) in [6.45, 7) is 2.15. The number of benzene rings is 4. The lowest BCUT2D eigenvalue weighted by Gasteiger charge is -2.26. The quantitative estimate of drug-likeness (QED) is 0.110. The van der Waals surface area contributed by atoms with Gasteiger partial charge >= 0.3 is 5.97 Å². The van der Waals surface area contributed by atoms with Crippen LogP contribution >= 0.6 is 73.1 Å². The molecule has 0 spiro atoms. The first-order chi connectivity index (χ1) is 23.2. The van der Waals surface area contributed by atoms with Crippen molar-refractivity contribution in [2.24, 2.45) is 4.99 Å². The third kappa shape index (κ3) is 7.13. The zero-order chi connectivity index (χ0) is 33.9. The van der Waals surface area contributed by atoms with Crippen LogP contribution in [0.2, 0.25) is 10.0 Å². The van der Waals surface area contributed by atoms with E-state index in [1.807, 2.05) is 60.7 Å². The van der Waals surface area contributed by atoms with Gasteiger partial charge in [0, 0.05) is 15.6 Å². The molecule has 0 amide bonds. The van der Waals surface area contributed by atoms with E-state index in [0.717, 1.165) is 19.2 Å². The minimum Gasteiger partial charge on any atom is -0.497 e. The third-order valence-corrected chi connectivity index (χ3v) is 10.5. The average molecular weight is 876 g/mol. The van der Waals surface area contributed by atoms with Crippen molar-refractivity contribution < 1.29 is 19.0 Å². The molecule has 5 aromatic rings. The number of thiazole rings is 1. The summed E-state index contributed by atoms with van der Waals surface area (Å²) in [4.78, 5) is 33.5. The van der Waals surface area contributed by atoms with Crippen molar-refractivity contribution in [3.63, 3.8) is 0 Å². The van der Waals surface area contributed by atoms with Crippen molar-refractivity contribution in [1.29, 1.82) is 0 Å². The van der Waals surface area contributed by atoms with Crippen molar-refractivity contribution in [3.05, 3.63) is 151 Å². The molecule has 7 nitrogen and oxygen atoms in total. The van der Waals surface area contributed by atoms with E-state index >= 15 is 0 Å². The maximum atomic E-state index is 14.4. The molecule has 0 aliphatic carbocycles. The number of methoxy groups -OCH3 is 1. The molecule has 0 radical (unpaired) electrons. The summed E-state index contributed by atoms with van der Waals surface area (Å²) in [6.07, 6.45) is 1.79. The second kappa shape index (κ2) is 15.0. The number of esters is 1. The number of fused-ring (bicyclic) bond motifs is 1. The molecule has 6 rings (SSSR count). The van der Waals surface area contributed by atoms with Gasteiger partial charge in [0.25, 0.3) is 5.56 Å². The van der Waals surface area contributed by atoms with Crippen LogP contribution in [0.4, 0.5) is 0 Å². The van der Waals surface area contributed by atoms with Gasteiger partial charge in [-0.05, 0) is 83.1 Å². The van der Waals surface area contributed by atoms with Crippen LogP contribution in [-0.4, -0.2) is 24.3 Å². The van der Waals surface area contributed by atoms with Crippen LogP contribution in [0.1, 0.15) is 35.2 Å². The number of carbonyl (C=O) groups excluding carboxylic acids is 1. The second-order valence-corrected chi connectivity index (χ2v) is 14.4. The predicted molar refractivity (Wildman–Crippen MR) is 202 cm³/mol. The van der Waals surface area contributed by atoms with Gasteiger partial charge in [0.05, 0.1) is 49.2 Å². The fourth-order valence-electron chi connectivity index (χ4n) is 5.31. The fraction of sp³-hybridized carbons (Fsp3) is 0.139. The number of hydrogen-bond acceptors (Lipinski definition) is 7. The normalized spacial score (nSPS) is 14.4. The smallest absolute Gasteiger partial charge is 0.338 e. The number of rotatable bonds is 9. The van der Waals surface area contributed by atoms with Gasteiger partial charge in [-0.1, -0.05) is 99.0 Å². The standard InChI is InChI=1S/C36H26BrCl2IN2O5S/c1-3-46-35(44)30-31(21-7-5-4-6-8-21)41-36-42(32(30)22-10-12-25(45-2)13-11-22)34(43)29(48-36)17-23-16-24(37)18-28(40)33(23)47-19-20-9-14-26(38)27(39)15-20/h4-18,32H,3,19H2,1-2H3/b29-17-/t32-/m0/s1. The molecule has 0 saturated heterocycles. The summed E-state index contributed by atoms with van der Waals surface area (Å²) in [5, 5.41) is 0.900. The molecule has 1 aromatic heterocycles. The van der Waals surface area contributed by atoms with Crippen molar-refractivity contribution in [1.82, 2.24) is 4.57 Å². The topological polar surface area (TPSA) is 79.1 Å². The van der Waals surface area contributed by atoms with E-state index in [0.29, 0.717) is 47.7 Å². The molecule has 0 N–H and O–H groups in total. The van der Waals surface area contributed by atoms with Gasteiger partial charge in [-0.25, -0.2) is 9.79 Å². The first-order valence-corrected chi connectivity index (χ1v) is 18.1. The number of aromatic nitrogens is 1. The first kappa shape index (κ1) is 34.4. The van der Waals surface area contributed by atoms with E-state index in [4.69, 9.17) is 42.4 Å². The Morgan fingerprint density at radius 1 is 1.04 bits per heavy atom. The summed E-state index contributed by atoms with van der Waals surface area (Å²) in [5.74, 6) is 0.697. The van der Waals surface area contributed by atoms with Crippen LogP contribution < -0.4 is 24.4 Å². The Hall–Kier alpha value is -3.42. The second-order valence-electron chi connectivity index (χ2n) is 10.5. The van der Waals surface area contributed by atoms with E-state index in [9.17, 15) is 9.59 Å². The molecule has 12 heteroatoms. The molecule has 4 aromatic carbocycles. The first-order valence-electron chi connectivity index (χ1n) is 14.7. The van der Waals surface area contributed by atoms with Crippen LogP contribution in [0.25, 0.3) is 11.8 Å². The Morgan fingerprint density at radius 2 is 1.79 bits per heavy atom. The molecule has 244 valence electrons. The van der Waals surface area contributed by atoms with Gasteiger partial charge in [0.1, 0.15) is 18.1 Å². The highest BCUT2D eigenvalue weighted by Crippen LogP contribution is 2.36. The van der Waals surface area contributed by atoms with E-state index in [1.165, 1.54) is 11.3 Å². The molecule has 0 bridgehead atoms. The maximum absolute atomic E-state index is 14.4. The van der Waals surface area contributed by atoms with Crippen LogP contribution in [0, 0.1) is 3.57 Å². The zero-order valence-corrected chi connectivity index (χ0v) is 31.6. The highest BCUT2D eigenvalue weighted by molar-refractivity contribution is 14.1. The number of halogens is 4. The Morgan fingerprint density at radius 3 is 2.48 bits per heavy atom. The number of hydrogen-bond donors (Lipinski definition) is 0. The van der Waals surface area contributed by atoms with Crippen molar-refractivity contribution in [2.45, 2.75) is 19.6 Å². The number of carbonyl (C=O) groups is 1. The summed E-state index contributed by atoms with van der Waals surface area (Å²) in [5.41, 5.74) is 3.38. The van der Waals surface area contributed by atoms with E-state index in [-0.39, 0.29) is 24.3 Å². The minimum atomic E-state index is -0.809. The van der Waals surface area contributed by atoms with Gasteiger partial charge in [-0.3, -0.25) is 9.36 Å². The monoisotopic (exact) mass is 874 g/mol. The Balaban J connectivity index is 1.54. The Bertz CT molecular complexity index is 2240. The molecule has 1 aliphatic heterocycles. The fourth-order valence-corrected chi connectivity index (χ4v) is 8.33. The Labute approximate surface area is 312 Å². The van der Waals surface area contributed by atoms with E-state index in [2.05, 4.69) is 38.5 Å². The summed E-state index contributed by atoms with van der Waals surface area (Å²) in [6, 6.07) is 25.1. The summed E-state index contributed by atoms with van der Waals surface area (Å²) < 4.78 is 20.9. The molecule has 1 atom stereocenters. The van der Waals surface area contributed by atoms with Gasteiger partial charge in [-0.2, -0.15) is 0 Å². The average Bonchev–Trinajstić information content (AvgIpc) is 3.39. The van der Waals surface area contributed by atoms with Crippen LogP contribution in [0.15, 0.2) is 105 Å². The minimum absolute atomic E-state index is 0.163. The summed E-state index contributed by atoms with van der Waals surface area (Å²) in [7, 11) is 1.58. The van der Waals surface area contributed by atoms with Crippen molar-refractivity contribution in [3.8, 4) is 11.5 Å². The maximum Gasteiger partial charge on any atom is 0.338 e. The molecule has 48 heavy (non-hydrogen) atoms. The molecule has 0 fully saturated rings. The highest BCUT2D eigenvalue weighted by atomic mass is 127. The molecule has 1 aliphatic rings. The van der Waals surface area contributed by atoms with Gasteiger partial charge in [-0.15, -0.1) is 0 Å². The van der Waals surface area contributed by atoms with Crippen molar-refractivity contribution in [2.75, 3.05) is 13.7 Å². The molecular weight excluding hydrogens is 850 g/mol. The lowest BCUT2D eigenvalue weighted by molar-refractivity contribution is -0.138. The van der Waals surface area contributed by atoms with Crippen molar-refractivity contribution >= 4 is 90.8 Å². The number of nitrogens with zero attached hydrogens (tertiary/aromatic N) is 2. The molecule has 0 saturated carbocycles. The van der Waals surface area contributed by atoms with Gasteiger partial charge in [0.15, 0.2) is 4.80 Å². The van der Waals surface area contributed by atoms with Crippen LogP contribution in [0.3, 0.4) is 0 Å². The van der Waals surface area contributed by atoms with E-state index < -0.39 is 12.0 Å². The lowest BCUT2D eigenvalue weighted by atomic mass is 9.93. The van der Waals surface area contributed by atoms with E-state index in [1.54, 1.807) is 48.9 Å². The largest absolute Gasteiger partial charge is 0.497 e.